The molecule has 7 atom stereocenters. The van der Waals surface area contributed by atoms with Crippen LogP contribution >= 0.6 is 0 Å². The van der Waals surface area contributed by atoms with Gasteiger partial charge in [-0.15, -0.1) is 0 Å². The number of hydrogen-bond acceptors (Lipinski definition) is 6. The molecule has 4 rings (SSSR count). The Morgan fingerprint density at radius 3 is 2.59 bits per heavy atom. The predicted molar refractivity (Wildman–Crippen MR) is 129 cm³/mol. The maximum atomic E-state index is 13.1. The summed E-state index contributed by atoms with van der Waals surface area (Å²) in [5, 5.41) is 20.9. The van der Waals surface area contributed by atoms with Gasteiger partial charge in [0.1, 0.15) is 28.8 Å². The first kappa shape index (κ1) is 25.1. The maximum Gasteiger partial charge on any atom is 0.340 e. The number of fused-ring (bicyclic) bond motifs is 1. The fourth-order valence-corrected chi connectivity index (χ4v) is 6.60. The third-order valence-electron chi connectivity index (χ3n) is 8.75. The van der Waals surface area contributed by atoms with E-state index in [4.69, 9.17) is 14.2 Å². The highest BCUT2D eigenvalue weighted by Gasteiger charge is 2.65. The fraction of sp³-hybridized carbons (Fsp3) is 0.679. The number of aliphatic hydroxyl groups is 1. The van der Waals surface area contributed by atoms with Gasteiger partial charge < -0.3 is 24.4 Å². The molecule has 0 unspecified atom stereocenters. The third-order valence-corrected chi connectivity index (χ3v) is 8.75. The van der Waals surface area contributed by atoms with Crippen molar-refractivity contribution in [1.29, 1.82) is 0 Å². The molecule has 1 aliphatic carbocycles. The quantitative estimate of drug-likeness (QED) is 0.484. The van der Waals surface area contributed by atoms with Crippen molar-refractivity contribution in [2.75, 3.05) is 7.11 Å². The molecule has 2 saturated heterocycles. The second kappa shape index (κ2) is 9.19. The second-order valence-corrected chi connectivity index (χ2v) is 11.2. The summed E-state index contributed by atoms with van der Waals surface area (Å²) in [6.07, 6.45) is 3.30. The standard InChI is InChI=1S/C28H40O6/c1-7-18-14-27(4,5)28-15-22(33-26(31)23(28)24(18)30)17(3)25(34-28)16(2)11-12-21(32-6)19-9-8-10-20(29)13-19/h8-10,13,16-18,21-22,25,29-30H,7,11-12,14-15H2,1-6H3/t16-,17-,18+,21-,22-,25+,28-/m0/s1. The number of phenolic OH excluding ortho intramolecular Hbond substituents is 1. The smallest absolute Gasteiger partial charge is 0.340 e. The van der Waals surface area contributed by atoms with Crippen molar-refractivity contribution in [1.82, 2.24) is 0 Å². The molecule has 1 aromatic carbocycles. The molecule has 6 nitrogen and oxygen atoms in total. The lowest BCUT2D eigenvalue weighted by Gasteiger charge is -2.60. The van der Waals surface area contributed by atoms with Crippen molar-refractivity contribution in [3.63, 3.8) is 0 Å². The Morgan fingerprint density at radius 1 is 1.21 bits per heavy atom. The Labute approximate surface area is 203 Å². The van der Waals surface area contributed by atoms with Gasteiger partial charge in [-0.1, -0.05) is 46.8 Å². The van der Waals surface area contributed by atoms with Crippen LogP contribution in [0.4, 0.5) is 0 Å². The number of esters is 1. The number of aliphatic hydroxyl groups excluding tert-OH is 1. The van der Waals surface area contributed by atoms with E-state index in [9.17, 15) is 15.0 Å². The third kappa shape index (κ3) is 4.03. The van der Waals surface area contributed by atoms with Gasteiger partial charge in [0.25, 0.3) is 0 Å². The molecule has 2 N–H and O–H groups in total. The molecule has 2 heterocycles. The molecule has 2 aliphatic heterocycles. The van der Waals surface area contributed by atoms with Crippen LogP contribution in [0, 0.1) is 23.2 Å². The molecule has 188 valence electrons. The predicted octanol–water partition coefficient (Wildman–Crippen LogP) is 5.85. The molecular weight excluding hydrogens is 432 g/mol. The lowest BCUT2D eigenvalue weighted by atomic mass is 9.56. The summed E-state index contributed by atoms with van der Waals surface area (Å²) in [6.45, 7) is 10.7. The summed E-state index contributed by atoms with van der Waals surface area (Å²) in [5.74, 6) is 0.160. The SMILES string of the molecule is CC[C@@H]1CC(C)(C)[C@]23C[C@H](OC(=O)C2=C1O)[C@H](C)[C@@H]([C@@H](C)CC[C@H](OC)c1cccc(O)c1)O3. The molecule has 0 aromatic heterocycles. The molecule has 1 aromatic rings. The van der Waals surface area contributed by atoms with Crippen LogP contribution in [-0.4, -0.2) is 41.1 Å². The van der Waals surface area contributed by atoms with Crippen molar-refractivity contribution >= 4 is 5.97 Å². The number of aromatic hydroxyl groups is 1. The molecular formula is C28H40O6. The van der Waals surface area contributed by atoms with Gasteiger partial charge in [-0.25, -0.2) is 4.79 Å². The van der Waals surface area contributed by atoms with E-state index in [0.717, 1.165) is 31.2 Å². The van der Waals surface area contributed by atoms with Crippen LogP contribution in [0.25, 0.3) is 0 Å². The minimum absolute atomic E-state index is 0.0507. The Hall–Kier alpha value is -2.05. The maximum absolute atomic E-state index is 13.1. The van der Waals surface area contributed by atoms with Crippen LogP contribution in [0.2, 0.25) is 0 Å². The highest BCUT2D eigenvalue weighted by Crippen LogP contribution is 2.59. The van der Waals surface area contributed by atoms with Crippen molar-refractivity contribution in [3.8, 4) is 5.75 Å². The second-order valence-electron chi connectivity index (χ2n) is 11.2. The zero-order valence-electron chi connectivity index (χ0n) is 21.3. The fourth-order valence-electron chi connectivity index (χ4n) is 6.60. The van der Waals surface area contributed by atoms with E-state index in [2.05, 4.69) is 27.7 Å². The normalized spacial score (nSPS) is 34.2. The summed E-state index contributed by atoms with van der Waals surface area (Å²) >= 11 is 0. The zero-order valence-corrected chi connectivity index (χ0v) is 21.3. The van der Waals surface area contributed by atoms with Crippen LogP contribution in [0.1, 0.15) is 78.4 Å². The molecule has 2 bridgehead atoms. The van der Waals surface area contributed by atoms with Crippen molar-refractivity contribution < 1.29 is 29.2 Å². The van der Waals surface area contributed by atoms with Crippen LogP contribution in [0.5, 0.6) is 5.75 Å². The van der Waals surface area contributed by atoms with Gasteiger partial charge >= 0.3 is 5.97 Å². The molecule has 2 fully saturated rings. The van der Waals surface area contributed by atoms with Gasteiger partial charge in [-0.3, -0.25) is 0 Å². The number of methoxy groups -OCH3 is 1. The van der Waals surface area contributed by atoms with E-state index in [0.29, 0.717) is 12.0 Å². The van der Waals surface area contributed by atoms with E-state index in [1.54, 1.807) is 19.2 Å². The summed E-state index contributed by atoms with van der Waals surface area (Å²) in [4.78, 5) is 13.1. The van der Waals surface area contributed by atoms with Crippen molar-refractivity contribution in [3.05, 3.63) is 41.2 Å². The molecule has 0 radical (unpaired) electrons. The van der Waals surface area contributed by atoms with E-state index >= 15 is 0 Å². The molecule has 0 amide bonds. The molecule has 3 aliphatic rings. The lowest BCUT2D eigenvalue weighted by molar-refractivity contribution is -0.258. The van der Waals surface area contributed by atoms with Gasteiger partial charge in [0, 0.05) is 25.4 Å². The van der Waals surface area contributed by atoms with E-state index < -0.39 is 11.6 Å². The molecule has 34 heavy (non-hydrogen) atoms. The summed E-state index contributed by atoms with van der Waals surface area (Å²) in [7, 11) is 1.69. The van der Waals surface area contributed by atoms with E-state index in [-0.39, 0.29) is 53.0 Å². The molecule has 1 spiro atoms. The average molecular weight is 473 g/mol. The summed E-state index contributed by atoms with van der Waals surface area (Å²) in [5.41, 5.74) is 0.165. The van der Waals surface area contributed by atoms with Crippen LogP contribution < -0.4 is 0 Å². The molecule has 6 heteroatoms. The summed E-state index contributed by atoms with van der Waals surface area (Å²) < 4.78 is 18.6. The Kier molecular flexibility index (Phi) is 6.78. The highest BCUT2D eigenvalue weighted by atomic mass is 16.6. The number of phenols is 1. The van der Waals surface area contributed by atoms with Gasteiger partial charge in [-0.05, 0) is 54.7 Å². The van der Waals surface area contributed by atoms with Gasteiger partial charge in [0.15, 0.2) is 0 Å². The van der Waals surface area contributed by atoms with Gasteiger partial charge in [0.05, 0.1) is 12.2 Å². The minimum Gasteiger partial charge on any atom is -0.511 e. The number of ether oxygens (including phenoxy) is 3. The number of hydrogen-bond donors (Lipinski definition) is 2. The van der Waals surface area contributed by atoms with Gasteiger partial charge in [0.2, 0.25) is 0 Å². The largest absolute Gasteiger partial charge is 0.511 e. The number of benzene rings is 1. The van der Waals surface area contributed by atoms with Crippen LogP contribution in [0.15, 0.2) is 35.6 Å². The van der Waals surface area contributed by atoms with Crippen molar-refractivity contribution in [2.45, 2.75) is 90.6 Å². The topological polar surface area (TPSA) is 85.2 Å². The monoisotopic (exact) mass is 472 g/mol. The average Bonchev–Trinajstić information content (AvgIpc) is 2.79. The Morgan fingerprint density at radius 2 is 1.94 bits per heavy atom. The lowest BCUT2D eigenvalue weighted by Crippen LogP contribution is -2.66. The minimum atomic E-state index is -0.833. The number of carbonyl (C=O) groups excluding carboxylic acids is 1. The number of carbonyl (C=O) groups is 1. The number of allylic oxidation sites excluding steroid dienone is 1. The Balaban J connectivity index is 1.59. The van der Waals surface area contributed by atoms with Crippen LogP contribution in [-0.2, 0) is 19.0 Å². The first-order chi connectivity index (χ1) is 16.0. The van der Waals surface area contributed by atoms with E-state index in [1.807, 2.05) is 19.1 Å². The highest BCUT2D eigenvalue weighted by molar-refractivity contribution is 5.93. The Bertz CT molecular complexity index is 952. The first-order valence-corrected chi connectivity index (χ1v) is 12.7. The number of rotatable bonds is 7. The van der Waals surface area contributed by atoms with Crippen molar-refractivity contribution in [2.24, 2.45) is 23.2 Å². The molecule has 0 saturated carbocycles. The zero-order chi connectivity index (χ0) is 24.8. The van der Waals surface area contributed by atoms with Crippen LogP contribution in [0.3, 0.4) is 0 Å². The van der Waals surface area contributed by atoms with Gasteiger partial charge in [-0.2, -0.15) is 0 Å². The summed E-state index contributed by atoms with van der Waals surface area (Å²) in [6, 6.07) is 7.20. The van der Waals surface area contributed by atoms with E-state index in [1.165, 1.54) is 0 Å². The first-order valence-electron chi connectivity index (χ1n) is 12.7.